The molecule has 0 bridgehead atoms. The smallest absolute Gasteiger partial charge is 0.338 e. The zero-order valence-electron chi connectivity index (χ0n) is 21.3. The zero-order chi connectivity index (χ0) is 26.4. The van der Waals surface area contributed by atoms with Gasteiger partial charge in [0.05, 0.1) is 45.1 Å². The predicted octanol–water partition coefficient (Wildman–Crippen LogP) is 3.99. The van der Waals surface area contributed by atoms with Crippen LogP contribution < -0.4 is 14.8 Å². The number of aromatic nitrogens is 1. The number of amides is 1. The fraction of sp³-hybridized carbons (Fsp3) is 0.333. The van der Waals surface area contributed by atoms with Crippen LogP contribution >= 0.6 is 11.8 Å². The lowest BCUT2D eigenvalue weighted by Gasteiger charge is -2.36. The van der Waals surface area contributed by atoms with Crippen LogP contribution in [0.1, 0.15) is 37.1 Å². The predicted molar refractivity (Wildman–Crippen MR) is 142 cm³/mol. The van der Waals surface area contributed by atoms with Gasteiger partial charge in [-0.1, -0.05) is 24.8 Å². The Balaban J connectivity index is 1.64. The molecule has 1 aromatic carbocycles. The van der Waals surface area contributed by atoms with E-state index in [-0.39, 0.29) is 12.3 Å². The molecule has 194 valence electrons. The van der Waals surface area contributed by atoms with Gasteiger partial charge in [0, 0.05) is 36.6 Å². The molecule has 0 saturated heterocycles. The van der Waals surface area contributed by atoms with E-state index in [1.807, 2.05) is 47.6 Å². The molecule has 9 nitrogen and oxygen atoms in total. The number of nitrogens with one attached hydrogen (secondary N) is 1. The summed E-state index contributed by atoms with van der Waals surface area (Å²) in [7, 11) is 4.51. The molecule has 1 amide bonds. The number of benzene rings is 1. The molecular weight excluding hydrogens is 492 g/mol. The maximum absolute atomic E-state index is 13.1. The van der Waals surface area contributed by atoms with Crippen molar-refractivity contribution < 1.29 is 23.8 Å². The van der Waals surface area contributed by atoms with Crippen molar-refractivity contribution in [1.29, 1.82) is 0 Å². The van der Waals surface area contributed by atoms with Gasteiger partial charge >= 0.3 is 5.97 Å². The Morgan fingerprint density at radius 3 is 2.49 bits per heavy atom. The fourth-order valence-electron chi connectivity index (χ4n) is 4.32. The quantitative estimate of drug-likeness (QED) is 0.468. The van der Waals surface area contributed by atoms with Gasteiger partial charge in [-0.2, -0.15) is 0 Å². The second-order valence-corrected chi connectivity index (χ2v) is 9.18. The lowest BCUT2D eigenvalue weighted by atomic mass is 9.92. The molecule has 37 heavy (non-hydrogen) atoms. The van der Waals surface area contributed by atoms with Crippen LogP contribution in [0.25, 0.3) is 0 Å². The van der Waals surface area contributed by atoms with Gasteiger partial charge in [0.1, 0.15) is 11.5 Å². The number of allylic oxidation sites excluding steroid dienone is 1. The number of thioether (sulfide) groups is 1. The van der Waals surface area contributed by atoms with Crippen molar-refractivity contribution in [3.63, 3.8) is 0 Å². The third-order valence-electron chi connectivity index (χ3n) is 6.09. The Hall–Kier alpha value is -3.79. The normalized spacial score (nSPS) is 16.5. The van der Waals surface area contributed by atoms with Crippen molar-refractivity contribution in [3.05, 3.63) is 76.2 Å². The van der Waals surface area contributed by atoms with Crippen LogP contribution in [0.5, 0.6) is 11.5 Å². The monoisotopic (exact) mass is 522 g/mol. The number of rotatable bonds is 10. The van der Waals surface area contributed by atoms with E-state index in [0.717, 1.165) is 17.0 Å². The topological polar surface area (TPSA) is 102 Å². The van der Waals surface area contributed by atoms with E-state index in [9.17, 15) is 9.59 Å². The first-order valence-electron chi connectivity index (χ1n) is 11.9. The number of hydrogen-bond donors (Lipinski definition) is 1. The first-order chi connectivity index (χ1) is 18.0. The van der Waals surface area contributed by atoms with Gasteiger partial charge in [-0.15, -0.1) is 0 Å². The van der Waals surface area contributed by atoms with Crippen molar-refractivity contribution in [2.24, 2.45) is 4.99 Å². The molecule has 1 N–H and O–H groups in total. The Morgan fingerprint density at radius 2 is 1.86 bits per heavy atom. The van der Waals surface area contributed by atoms with Crippen LogP contribution in [0, 0.1) is 0 Å². The van der Waals surface area contributed by atoms with Crippen molar-refractivity contribution in [3.8, 4) is 11.5 Å². The summed E-state index contributed by atoms with van der Waals surface area (Å²) in [5, 5.41) is 5.58. The number of aliphatic imine (C=N–C) groups is 1. The minimum atomic E-state index is -0.568. The van der Waals surface area contributed by atoms with Crippen LogP contribution in [0.2, 0.25) is 0 Å². The second kappa shape index (κ2) is 12.0. The molecule has 2 aliphatic heterocycles. The van der Waals surface area contributed by atoms with E-state index in [1.54, 1.807) is 26.5 Å². The van der Waals surface area contributed by atoms with Crippen LogP contribution in [0.3, 0.4) is 0 Å². The van der Waals surface area contributed by atoms with Gasteiger partial charge in [-0.25, -0.2) is 9.79 Å². The average Bonchev–Trinajstić information content (AvgIpc) is 3.33. The Morgan fingerprint density at radius 1 is 1.11 bits per heavy atom. The summed E-state index contributed by atoms with van der Waals surface area (Å²) in [6, 6.07) is 10.6. The summed E-state index contributed by atoms with van der Waals surface area (Å²) in [6.45, 7) is 2.42. The van der Waals surface area contributed by atoms with Crippen LogP contribution in [-0.4, -0.2) is 54.8 Å². The molecule has 1 aromatic heterocycles. The molecule has 1 unspecified atom stereocenters. The van der Waals surface area contributed by atoms with E-state index >= 15 is 0 Å². The summed E-state index contributed by atoms with van der Waals surface area (Å²) in [4.78, 5) is 37.0. The summed E-state index contributed by atoms with van der Waals surface area (Å²) in [5.41, 5.74) is 3.48. The number of ether oxygens (including phenoxy) is 3. The van der Waals surface area contributed by atoms with Crippen LogP contribution in [0.4, 0.5) is 0 Å². The highest BCUT2D eigenvalue weighted by molar-refractivity contribution is 8.16. The minimum Gasteiger partial charge on any atom is -0.497 e. The molecule has 0 radical (unpaired) electrons. The number of fused-ring (bicyclic) bond motifs is 1. The van der Waals surface area contributed by atoms with Gasteiger partial charge < -0.3 is 24.4 Å². The number of nitrogens with zero attached hydrogens (tertiary/aromatic N) is 3. The second-order valence-electron chi connectivity index (χ2n) is 8.34. The first-order valence-corrected chi connectivity index (χ1v) is 12.8. The van der Waals surface area contributed by atoms with Gasteiger partial charge in [0.25, 0.3) is 0 Å². The molecule has 1 atom stereocenters. The lowest BCUT2D eigenvalue weighted by Crippen LogP contribution is -2.38. The third-order valence-corrected chi connectivity index (χ3v) is 6.98. The highest BCUT2D eigenvalue weighted by atomic mass is 32.2. The average molecular weight is 523 g/mol. The number of pyridine rings is 1. The number of amidine groups is 1. The first kappa shape index (κ1) is 26.3. The number of carbonyl (C=O) groups excluding carboxylic acids is 2. The number of carbonyl (C=O) groups is 2. The minimum absolute atomic E-state index is 0.127. The van der Waals surface area contributed by atoms with E-state index in [4.69, 9.17) is 19.2 Å². The highest BCUT2D eigenvalue weighted by Gasteiger charge is 2.41. The number of methoxy groups -OCH3 is 3. The number of esters is 1. The molecular formula is C27H30N4O5S. The Labute approximate surface area is 220 Å². The summed E-state index contributed by atoms with van der Waals surface area (Å²) < 4.78 is 16.2. The molecule has 0 spiro atoms. The fourth-order valence-corrected chi connectivity index (χ4v) is 5.26. The molecule has 10 heteroatoms. The molecule has 0 saturated carbocycles. The van der Waals surface area contributed by atoms with Gasteiger partial charge in [0.2, 0.25) is 5.91 Å². The zero-order valence-corrected chi connectivity index (χ0v) is 22.1. The third kappa shape index (κ3) is 5.80. The summed E-state index contributed by atoms with van der Waals surface area (Å²) >= 11 is 1.43. The largest absolute Gasteiger partial charge is 0.497 e. The van der Waals surface area contributed by atoms with Crippen molar-refractivity contribution >= 4 is 28.8 Å². The maximum Gasteiger partial charge on any atom is 0.338 e. The molecule has 2 aliphatic rings. The summed E-state index contributed by atoms with van der Waals surface area (Å²) in [6.07, 6.45) is 3.04. The SMILES string of the molecule is CCC1=C(C(=O)OC)C(c2cc(OC)cc(OC)c2)N2C(CC(=O)NCCc3ccccn3)=CSC2=N1. The van der Waals surface area contributed by atoms with E-state index in [1.165, 1.54) is 18.9 Å². The summed E-state index contributed by atoms with van der Waals surface area (Å²) in [5.74, 6) is 0.578. The molecule has 0 fully saturated rings. The Bertz CT molecular complexity index is 1240. The van der Waals surface area contributed by atoms with Crippen molar-refractivity contribution in [2.45, 2.75) is 32.2 Å². The Kier molecular flexibility index (Phi) is 8.50. The van der Waals surface area contributed by atoms with Gasteiger partial charge in [-0.05, 0) is 41.7 Å². The standard InChI is InChI=1S/C27H30N4O5S/c1-5-22-24(26(33)36-4)25(17-12-20(34-2)15-21(13-17)35-3)31-19(16-37-27(31)30-22)14-23(32)29-11-9-18-8-6-7-10-28-18/h6-8,10,12-13,15-16,25H,5,9,11,14H2,1-4H3,(H,29,32). The molecule has 0 aliphatic carbocycles. The van der Waals surface area contributed by atoms with Crippen molar-refractivity contribution in [2.75, 3.05) is 27.9 Å². The van der Waals surface area contributed by atoms with E-state index < -0.39 is 12.0 Å². The van der Waals surface area contributed by atoms with Gasteiger partial charge in [0.15, 0.2) is 5.17 Å². The van der Waals surface area contributed by atoms with Crippen molar-refractivity contribution in [1.82, 2.24) is 15.2 Å². The highest BCUT2D eigenvalue weighted by Crippen LogP contribution is 2.46. The van der Waals surface area contributed by atoms with E-state index in [2.05, 4.69) is 10.3 Å². The van der Waals surface area contributed by atoms with Gasteiger partial charge in [-0.3, -0.25) is 9.78 Å². The lowest BCUT2D eigenvalue weighted by molar-refractivity contribution is -0.136. The van der Waals surface area contributed by atoms with Crippen LogP contribution in [0.15, 0.2) is 70.0 Å². The van der Waals surface area contributed by atoms with E-state index in [0.29, 0.717) is 47.3 Å². The molecule has 4 rings (SSSR count). The van der Waals surface area contributed by atoms with Crippen LogP contribution in [-0.2, 0) is 20.7 Å². The molecule has 2 aromatic rings. The number of hydrogen-bond acceptors (Lipinski definition) is 9. The molecule has 3 heterocycles. The maximum atomic E-state index is 13.1.